The van der Waals surface area contributed by atoms with Gasteiger partial charge < -0.3 is 13.7 Å². The van der Waals surface area contributed by atoms with Crippen molar-refractivity contribution in [2.24, 2.45) is 16.7 Å². The van der Waals surface area contributed by atoms with Crippen molar-refractivity contribution in [3.8, 4) is 40.3 Å². The summed E-state index contributed by atoms with van der Waals surface area (Å²) in [5.74, 6) is 0.306. The molecule has 0 radical (unpaired) electrons. The van der Waals surface area contributed by atoms with Crippen molar-refractivity contribution in [3.63, 3.8) is 0 Å². The molecule has 6 aromatic carbocycles. The highest BCUT2D eigenvalue weighted by atomic mass is 15.1. The molecule has 1 atom stereocenters. The molecular weight excluding hydrogens is 875 g/mol. The molecule has 0 saturated carbocycles. The number of para-hydroxylation sites is 2. The molecule has 11 rings (SSSR count). The second kappa shape index (κ2) is 16.3. The predicted octanol–water partition coefficient (Wildman–Crippen LogP) is 17.6. The third-order valence-electron chi connectivity index (χ3n) is 16.1. The van der Waals surface area contributed by atoms with Crippen LogP contribution >= 0.6 is 0 Å². The molecule has 5 heteroatoms. The van der Waals surface area contributed by atoms with Crippen LogP contribution in [0.2, 0.25) is 0 Å². The number of allylic oxidation sites excluding steroid dienone is 2. The minimum Gasteiger partial charge on any atom is -0.311 e. The van der Waals surface area contributed by atoms with Gasteiger partial charge in [-0.05, 0) is 118 Å². The minimum atomic E-state index is -0.0917. The van der Waals surface area contributed by atoms with Crippen molar-refractivity contribution in [2.45, 2.75) is 120 Å². The van der Waals surface area contributed by atoms with Crippen molar-refractivity contribution in [1.29, 1.82) is 10.5 Å². The molecule has 0 aliphatic heterocycles. The fourth-order valence-corrected chi connectivity index (χ4v) is 11.9. The van der Waals surface area contributed by atoms with Crippen molar-refractivity contribution >= 4 is 55.8 Å². The fourth-order valence-electron chi connectivity index (χ4n) is 11.9. The van der Waals surface area contributed by atoms with E-state index in [1.165, 1.54) is 44.3 Å². The molecule has 0 bridgehead atoms. The van der Waals surface area contributed by atoms with Crippen molar-refractivity contribution < 1.29 is 0 Å². The van der Waals surface area contributed by atoms with Gasteiger partial charge in [0.05, 0.1) is 39.1 Å². The standard InChI is InChI=1S/C67H67N5/c1-40-22-24-41(25-23-40)60-62(71-56-30-26-42(64(2,3)4)34-48(56)49-35-43(65(5,6)7)27-31-57(49)71)52(38-68)61(70-54-20-16-14-18-46(54)47-19-15-17-21-55(47)70)53(39-69)63(60)72-58-32-28-44(66(8,9)10)36-50(58)51-37-45(67(11,12)13)29-33-59(51)72/h14-28,30-32,34,36-37,43H,29,33,35H2,1-13H3. The number of nitriles is 2. The van der Waals surface area contributed by atoms with Crippen molar-refractivity contribution in [2.75, 3.05) is 0 Å². The normalized spacial score (nSPS) is 15.3. The molecule has 0 spiro atoms. The largest absolute Gasteiger partial charge is 0.311 e. The maximum atomic E-state index is 12.3. The Hall–Kier alpha value is -7.34. The summed E-state index contributed by atoms with van der Waals surface area (Å²) in [6, 6.07) is 45.4. The summed E-state index contributed by atoms with van der Waals surface area (Å²) in [4.78, 5) is 0. The Morgan fingerprint density at radius 1 is 0.528 bits per heavy atom. The Morgan fingerprint density at radius 3 is 1.60 bits per heavy atom. The molecule has 1 unspecified atom stereocenters. The number of aromatic nitrogens is 3. The van der Waals surface area contributed by atoms with Gasteiger partial charge in [-0.15, -0.1) is 0 Å². The Morgan fingerprint density at radius 2 is 1.06 bits per heavy atom. The van der Waals surface area contributed by atoms with Gasteiger partial charge in [-0.2, -0.15) is 10.5 Å². The lowest BCUT2D eigenvalue weighted by Crippen LogP contribution is -2.23. The average Bonchev–Trinajstić information content (AvgIpc) is 3.96. The van der Waals surface area contributed by atoms with Crippen LogP contribution in [0.15, 0.2) is 121 Å². The van der Waals surface area contributed by atoms with Gasteiger partial charge in [0.15, 0.2) is 0 Å². The van der Waals surface area contributed by atoms with Gasteiger partial charge in [-0.3, -0.25) is 0 Å². The molecule has 0 saturated heterocycles. The smallest absolute Gasteiger partial charge is 0.104 e. The molecule has 3 heterocycles. The van der Waals surface area contributed by atoms with Crippen LogP contribution in [0.3, 0.4) is 0 Å². The summed E-state index contributed by atoms with van der Waals surface area (Å²) in [6.07, 6.45) is 9.76. The van der Waals surface area contributed by atoms with E-state index in [-0.39, 0.29) is 21.7 Å². The Bertz CT molecular complexity index is 3830. The van der Waals surface area contributed by atoms with Gasteiger partial charge in [0.25, 0.3) is 0 Å². The third kappa shape index (κ3) is 7.30. The molecule has 5 nitrogen and oxygen atoms in total. The zero-order chi connectivity index (χ0) is 51.0. The molecule has 3 aromatic heterocycles. The molecule has 0 fully saturated rings. The van der Waals surface area contributed by atoms with Crippen LogP contribution < -0.4 is 0 Å². The lowest BCUT2D eigenvalue weighted by molar-refractivity contribution is 0.291. The Labute approximate surface area is 426 Å². The van der Waals surface area contributed by atoms with Gasteiger partial charge in [0.2, 0.25) is 0 Å². The number of fused-ring (bicyclic) bond motifs is 9. The van der Waals surface area contributed by atoms with Crippen LogP contribution in [0.5, 0.6) is 0 Å². The first-order chi connectivity index (χ1) is 34.1. The van der Waals surface area contributed by atoms with E-state index in [2.05, 4.69) is 243 Å². The highest BCUT2D eigenvalue weighted by Gasteiger charge is 2.37. The van der Waals surface area contributed by atoms with Gasteiger partial charge in [-0.25, -0.2) is 0 Å². The lowest BCUT2D eigenvalue weighted by Gasteiger charge is -2.31. The molecule has 2 aliphatic rings. The monoisotopic (exact) mass is 942 g/mol. The SMILES string of the molecule is Cc1ccc(-c2c(-n3c4c(c5cc(C(C)(C)C)ccc53)CC(C(C)(C)C)C=C4)c(C#N)c(-n3c4ccccc4c4ccccc43)c(C#N)c2-n2c3c(c4cc(C(C)(C)C)ccc42)C=C(C(C)(C)C)CC3)cc1. The number of benzene rings is 6. The number of aryl methyl sites for hydroxylation is 1. The maximum absolute atomic E-state index is 12.3. The van der Waals surface area contributed by atoms with E-state index in [0.717, 1.165) is 85.9 Å². The summed E-state index contributed by atoms with van der Waals surface area (Å²) >= 11 is 0. The van der Waals surface area contributed by atoms with Gasteiger partial charge >= 0.3 is 0 Å². The van der Waals surface area contributed by atoms with E-state index in [1.807, 2.05) is 0 Å². The zero-order valence-corrected chi connectivity index (χ0v) is 44.6. The zero-order valence-electron chi connectivity index (χ0n) is 44.6. The van der Waals surface area contributed by atoms with Gasteiger partial charge in [0.1, 0.15) is 23.3 Å². The first-order valence-electron chi connectivity index (χ1n) is 26.0. The highest BCUT2D eigenvalue weighted by Crippen LogP contribution is 2.51. The van der Waals surface area contributed by atoms with Crippen LogP contribution in [0.1, 0.15) is 140 Å². The molecule has 360 valence electrons. The number of hydrogen-bond donors (Lipinski definition) is 0. The van der Waals surface area contributed by atoms with Crippen molar-refractivity contribution in [1.82, 2.24) is 13.7 Å². The third-order valence-corrected chi connectivity index (χ3v) is 16.1. The first-order valence-corrected chi connectivity index (χ1v) is 26.0. The summed E-state index contributed by atoms with van der Waals surface area (Å²) in [6.45, 7) is 29.8. The summed E-state index contributed by atoms with van der Waals surface area (Å²) in [5, 5.41) is 29.2. The summed E-state index contributed by atoms with van der Waals surface area (Å²) in [7, 11) is 0. The summed E-state index contributed by atoms with van der Waals surface area (Å²) < 4.78 is 7.09. The van der Waals surface area contributed by atoms with E-state index in [9.17, 15) is 10.5 Å². The van der Waals surface area contributed by atoms with Gasteiger partial charge in [-0.1, -0.05) is 179 Å². The van der Waals surface area contributed by atoms with Crippen LogP contribution in [0.4, 0.5) is 0 Å². The average molecular weight is 942 g/mol. The Balaban J connectivity index is 1.43. The number of hydrogen-bond acceptors (Lipinski definition) is 2. The van der Waals surface area contributed by atoms with Crippen LogP contribution in [0, 0.1) is 46.3 Å². The van der Waals surface area contributed by atoms with E-state index in [1.54, 1.807) is 0 Å². The highest BCUT2D eigenvalue weighted by molar-refractivity contribution is 6.11. The van der Waals surface area contributed by atoms with Crippen LogP contribution in [0.25, 0.3) is 84.0 Å². The van der Waals surface area contributed by atoms with Crippen LogP contribution in [-0.4, -0.2) is 13.7 Å². The molecule has 2 aliphatic carbocycles. The number of rotatable bonds is 4. The van der Waals surface area contributed by atoms with E-state index < -0.39 is 0 Å². The maximum Gasteiger partial charge on any atom is 0.104 e. The first kappa shape index (κ1) is 47.0. The number of nitrogens with zero attached hydrogens (tertiary/aromatic N) is 5. The minimum absolute atomic E-state index is 0.0229. The predicted molar refractivity (Wildman–Crippen MR) is 303 cm³/mol. The molecule has 9 aromatic rings. The van der Waals surface area contributed by atoms with Crippen LogP contribution in [-0.2, 0) is 23.7 Å². The fraction of sp³-hybridized carbons (Fsp3) is 0.313. The molecule has 0 N–H and O–H groups in total. The summed E-state index contributed by atoms with van der Waals surface area (Å²) in [5.41, 5.74) is 18.6. The van der Waals surface area contributed by atoms with Crippen molar-refractivity contribution in [3.05, 3.63) is 171 Å². The molecule has 0 amide bonds. The Kier molecular flexibility index (Phi) is 10.7. The lowest BCUT2D eigenvalue weighted by atomic mass is 9.74. The second-order valence-corrected chi connectivity index (χ2v) is 24.9. The molecular formula is C67H67N5. The topological polar surface area (TPSA) is 62.4 Å². The van der Waals surface area contributed by atoms with Gasteiger partial charge in [0, 0.05) is 44.1 Å². The molecule has 72 heavy (non-hydrogen) atoms. The van der Waals surface area contributed by atoms with E-state index in [0.29, 0.717) is 22.7 Å². The van der Waals surface area contributed by atoms with E-state index >= 15 is 0 Å². The quantitative estimate of drug-likeness (QED) is 0.176. The van der Waals surface area contributed by atoms with E-state index in [4.69, 9.17) is 0 Å². The second-order valence-electron chi connectivity index (χ2n) is 24.9.